The van der Waals surface area contributed by atoms with Gasteiger partial charge in [0.1, 0.15) is 12.1 Å². The molecular formula is C35H43N5O9. The van der Waals surface area contributed by atoms with Crippen molar-refractivity contribution in [1.82, 2.24) is 14.8 Å². The summed E-state index contributed by atoms with van der Waals surface area (Å²) in [5, 5.41) is 24.9. The number of ether oxygens (including phenoxy) is 2. The van der Waals surface area contributed by atoms with Gasteiger partial charge in [0.15, 0.2) is 5.76 Å². The predicted octanol–water partition coefficient (Wildman–Crippen LogP) is 5.76. The molecule has 2 saturated heterocycles. The summed E-state index contributed by atoms with van der Waals surface area (Å²) in [6.07, 6.45) is -1.01. The van der Waals surface area contributed by atoms with E-state index in [-0.39, 0.29) is 38.1 Å². The summed E-state index contributed by atoms with van der Waals surface area (Å²) in [5.41, 5.74) is 1.43. The van der Waals surface area contributed by atoms with Gasteiger partial charge in [-0.1, -0.05) is 0 Å². The summed E-state index contributed by atoms with van der Waals surface area (Å²) in [7, 11) is 0. The molecule has 0 bridgehead atoms. The van der Waals surface area contributed by atoms with Crippen molar-refractivity contribution < 1.29 is 43.3 Å². The maximum absolute atomic E-state index is 13.1. The Morgan fingerprint density at radius 1 is 0.714 bits per heavy atom. The summed E-state index contributed by atoms with van der Waals surface area (Å²) in [5.74, 6) is -0.0306. The quantitative estimate of drug-likeness (QED) is 0.229. The highest BCUT2D eigenvalue weighted by Gasteiger charge is 2.43. The van der Waals surface area contributed by atoms with E-state index in [9.17, 15) is 29.4 Å². The number of anilines is 2. The van der Waals surface area contributed by atoms with Crippen LogP contribution in [0.3, 0.4) is 0 Å². The normalized spacial score (nSPS) is 21.1. The minimum atomic E-state index is -1.17. The van der Waals surface area contributed by atoms with Crippen LogP contribution < -0.4 is 10.6 Å². The fourth-order valence-corrected chi connectivity index (χ4v) is 6.09. The maximum atomic E-state index is 13.1. The van der Waals surface area contributed by atoms with Crippen LogP contribution in [0.4, 0.5) is 21.0 Å². The molecular weight excluding hydrogens is 634 g/mol. The van der Waals surface area contributed by atoms with Crippen LogP contribution in [0.1, 0.15) is 54.4 Å². The fraction of sp³-hybridized carbons (Fsp3) is 0.457. The molecule has 2 aliphatic heterocycles. The molecule has 4 atom stereocenters. The number of aromatic nitrogens is 1. The number of amides is 4. The average Bonchev–Trinajstić information content (AvgIpc) is 3.75. The van der Waals surface area contributed by atoms with Crippen LogP contribution in [-0.4, -0.2) is 97.6 Å². The number of carbonyl (C=O) groups is 4. The van der Waals surface area contributed by atoms with Gasteiger partial charge in [0, 0.05) is 35.3 Å². The lowest BCUT2D eigenvalue weighted by molar-refractivity contribution is -0.120. The van der Waals surface area contributed by atoms with Crippen LogP contribution in [0.25, 0.3) is 22.8 Å². The van der Waals surface area contributed by atoms with E-state index < -0.39 is 47.3 Å². The number of oxazole rings is 1. The first kappa shape index (κ1) is 35.4. The topological polar surface area (TPSA) is 184 Å². The maximum Gasteiger partial charge on any atom is 0.408 e. The Kier molecular flexibility index (Phi) is 10.0. The third-order valence-corrected chi connectivity index (χ3v) is 8.00. The molecule has 0 unspecified atom stereocenters. The van der Waals surface area contributed by atoms with E-state index >= 15 is 0 Å². The molecule has 2 fully saturated rings. The number of benzene rings is 2. The van der Waals surface area contributed by atoms with E-state index in [0.717, 1.165) is 9.80 Å². The van der Waals surface area contributed by atoms with E-state index in [1.54, 1.807) is 54.7 Å². The van der Waals surface area contributed by atoms with E-state index in [2.05, 4.69) is 15.6 Å². The van der Waals surface area contributed by atoms with E-state index in [1.165, 1.54) is 0 Å². The number of nitrogens with zero attached hydrogens (tertiary/aromatic N) is 3. The Balaban J connectivity index is 1.18. The minimum absolute atomic E-state index is 0.119. The standard InChI is InChI=1S/C35H43N5O9/c1-34(2,3)48-24-15-26(39(18-24)32(43)44)29(41)37-22-11-7-20(8-12-22)28-17-36-31(47-28)21-9-13-23(14-10-21)38-30(42)27-16-25(49-35(4,5)6)19-40(27)33(45)46/h7-14,17,24-27H,15-16,18-19H2,1-6H3,(H,37,41)(H,38,42)(H,43,44)(H,45,46)/t24-,25-,26+,27+/m1/s1. The zero-order valence-electron chi connectivity index (χ0n) is 28.4. The largest absolute Gasteiger partial charge is 0.465 e. The highest BCUT2D eigenvalue weighted by atomic mass is 16.5. The molecule has 4 amide bonds. The molecule has 4 N–H and O–H groups in total. The summed E-state index contributed by atoms with van der Waals surface area (Å²) in [4.78, 5) is 56.3. The van der Waals surface area contributed by atoms with Gasteiger partial charge in [-0.3, -0.25) is 19.4 Å². The van der Waals surface area contributed by atoms with E-state index in [4.69, 9.17) is 13.9 Å². The first-order valence-corrected chi connectivity index (χ1v) is 16.1. The van der Waals surface area contributed by atoms with Crippen molar-refractivity contribution in [2.45, 2.75) is 89.9 Å². The summed E-state index contributed by atoms with van der Waals surface area (Å²) < 4.78 is 17.9. The van der Waals surface area contributed by atoms with Gasteiger partial charge in [-0.15, -0.1) is 0 Å². The number of hydrogen-bond acceptors (Lipinski definition) is 8. The van der Waals surface area contributed by atoms with Gasteiger partial charge in [0.2, 0.25) is 17.7 Å². The first-order valence-electron chi connectivity index (χ1n) is 16.1. The summed E-state index contributed by atoms with van der Waals surface area (Å²) >= 11 is 0. The Morgan fingerprint density at radius 3 is 1.51 bits per heavy atom. The van der Waals surface area contributed by atoms with Gasteiger partial charge in [-0.05, 0) is 90.1 Å². The molecule has 3 heterocycles. The Labute approximate surface area is 284 Å². The summed E-state index contributed by atoms with van der Waals surface area (Å²) in [6.45, 7) is 11.6. The predicted molar refractivity (Wildman–Crippen MR) is 180 cm³/mol. The second-order valence-electron chi connectivity index (χ2n) is 14.2. The highest BCUT2D eigenvalue weighted by molar-refractivity contribution is 5.97. The van der Waals surface area contributed by atoms with Crippen molar-refractivity contribution in [2.24, 2.45) is 0 Å². The second-order valence-corrected chi connectivity index (χ2v) is 14.2. The van der Waals surface area contributed by atoms with Crippen LogP contribution in [-0.2, 0) is 19.1 Å². The lowest BCUT2D eigenvalue weighted by Crippen LogP contribution is -2.42. The molecule has 3 aromatic rings. The van der Waals surface area contributed by atoms with Gasteiger partial charge in [-0.25, -0.2) is 14.6 Å². The van der Waals surface area contributed by atoms with Crippen molar-refractivity contribution in [1.29, 1.82) is 0 Å². The molecule has 2 aromatic carbocycles. The fourth-order valence-electron chi connectivity index (χ4n) is 6.09. The van der Waals surface area contributed by atoms with Gasteiger partial charge in [-0.2, -0.15) is 0 Å². The zero-order chi connectivity index (χ0) is 35.7. The Hall–Kier alpha value is -4.95. The molecule has 1 aromatic heterocycles. The molecule has 262 valence electrons. The van der Waals surface area contributed by atoms with E-state index in [0.29, 0.717) is 34.2 Å². The van der Waals surface area contributed by atoms with Crippen molar-refractivity contribution in [2.75, 3.05) is 23.7 Å². The molecule has 0 radical (unpaired) electrons. The van der Waals surface area contributed by atoms with Gasteiger partial charge in [0.05, 0.1) is 42.7 Å². The van der Waals surface area contributed by atoms with Crippen LogP contribution in [0.5, 0.6) is 0 Å². The van der Waals surface area contributed by atoms with Crippen molar-refractivity contribution in [3.63, 3.8) is 0 Å². The van der Waals surface area contributed by atoms with Crippen molar-refractivity contribution >= 4 is 35.4 Å². The van der Waals surface area contributed by atoms with Gasteiger partial charge < -0.3 is 34.7 Å². The molecule has 0 spiro atoms. The molecule has 49 heavy (non-hydrogen) atoms. The second kappa shape index (κ2) is 13.9. The van der Waals surface area contributed by atoms with Crippen LogP contribution in [0, 0.1) is 0 Å². The van der Waals surface area contributed by atoms with Gasteiger partial charge in [0.25, 0.3) is 0 Å². The number of rotatable bonds is 8. The monoisotopic (exact) mass is 677 g/mol. The zero-order valence-corrected chi connectivity index (χ0v) is 28.4. The minimum Gasteiger partial charge on any atom is -0.465 e. The molecule has 0 aliphatic carbocycles. The van der Waals surface area contributed by atoms with Crippen molar-refractivity contribution in [3.05, 3.63) is 54.7 Å². The summed E-state index contributed by atoms with van der Waals surface area (Å²) in [6, 6.07) is 12.0. The first-order chi connectivity index (χ1) is 23.0. The van der Waals surface area contributed by atoms with Gasteiger partial charge >= 0.3 is 12.2 Å². The van der Waals surface area contributed by atoms with Crippen LogP contribution >= 0.6 is 0 Å². The van der Waals surface area contributed by atoms with Crippen LogP contribution in [0.15, 0.2) is 59.1 Å². The lowest BCUT2D eigenvalue weighted by atomic mass is 10.1. The van der Waals surface area contributed by atoms with Crippen LogP contribution in [0.2, 0.25) is 0 Å². The molecule has 2 aliphatic rings. The molecule has 5 rings (SSSR count). The number of hydrogen-bond donors (Lipinski definition) is 4. The third-order valence-electron chi connectivity index (χ3n) is 8.00. The number of carbonyl (C=O) groups excluding carboxylic acids is 2. The Bertz CT molecular complexity index is 1550. The Morgan fingerprint density at radius 2 is 1.12 bits per heavy atom. The smallest absolute Gasteiger partial charge is 0.408 e. The number of carboxylic acid groups (broad SMARTS) is 2. The SMILES string of the molecule is CC(C)(C)O[C@@H]1C[C@@H](C(=O)Nc2ccc(-c3cnc(-c4ccc(NC(=O)[C@@H]5C[C@@H](OC(C)(C)C)CN5C(=O)O)cc4)o3)cc2)N(C(=O)O)C1. The number of nitrogens with one attached hydrogen (secondary N) is 2. The molecule has 0 saturated carbocycles. The third kappa shape index (κ3) is 8.95. The molecule has 14 nitrogen and oxygen atoms in total. The highest BCUT2D eigenvalue weighted by Crippen LogP contribution is 2.30. The lowest BCUT2D eigenvalue weighted by Gasteiger charge is -2.24. The molecule has 14 heteroatoms. The number of likely N-dealkylation sites (tertiary alicyclic amines) is 2. The van der Waals surface area contributed by atoms with Crippen molar-refractivity contribution in [3.8, 4) is 22.8 Å². The van der Waals surface area contributed by atoms with E-state index in [1.807, 2.05) is 41.5 Å². The average molecular weight is 678 g/mol.